The van der Waals surface area contributed by atoms with E-state index in [1.807, 2.05) is 0 Å². The van der Waals surface area contributed by atoms with Crippen molar-refractivity contribution in [3.63, 3.8) is 0 Å². The molecule has 2 aliphatic carbocycles. The number of rotatable bonds is 6. The molecule has 0 aromatic carbocycles. The maximum Gasteiger partial charge on any atom is -1.00 e. The Morgan fingerprint density at radius 3 is 1.30 bits per heavy atom. The Morgan fingerprint density at radius 2 is 1.04 bits per heavy atom. The Hall–Kier alpha value is 0.423. The second-order valence-corrected chi connectivity index (χ2v) is 12.4. The molecular formula is C20H30Cl2Zr. The first-order valence-corrected chi connectivity index (χ1v) is 11.0. The van der Waals surface area contributed by atoms with Gasteiger partial charge in [-0.05, 0) is 0 Å². The van der Waals surface area contributed by atoms with Crippen molar-refractivity contribution in [2.45, 2.75) is 73.5 Å². The monoisotopic (exact) mass is 430 g/mol. The minimum atomic E-state index is -0.660. The van der Waals surface area contributed by atoms with E-state index in [0.717, 1.165) is 0 Å². The van der Waals surface area contributed by atoms with Gasteiger partial charge in [0.15, 0.2) is 0 Å². The molecule has 2 atom stereocenters. The molecule has 23 heavy (non-hydrogen) atoms. The summed E-state index contributed by atoms with van der Waals surface area (Å²) >= 11 is -0.660. The minimum Gasteiger partial charge on any atom is -1.00 e. The van der Waals surface area contributed by atoms with Crippen LogP contribution in [0.2, 0.25) is 6.25 Å². The zero-order valence-corrected chi connectivity index (χ0v) is 19.4. The molecule has 0 amide bonds. The van der Waals surface area contributed by atoms with E-state index in [1.165, 1.54) is 25.7 Å². The summed E-state index contributed by atoms with van der Waals surface area (Å²) in [6.07, 6.45) is 15.0. The van der Waals surface area contributed by atoms with E-state index >= 15 is 0 Å². The number of halogens is 2. The molecule has 0 aliphatic heterocycles. The topological polar surface area (TPSA) is 0 Å². The van der Waals surface area contributed by atoms with Gasteiger partial charge in [0.05, 0.1) is 0 Å². The van der Waals surface area contributed by atoms with Gasteiger partial charge in [0, 0.05) is 0 Å². The van der Waals surface area contributed by atoms with Gasteiger partial charge < -0.3 is 24.8 Å². The second-order valence-electron chi connectivity index (χ2n) is 6.72. The van der Waals surface area contributed by atoms with E-state index in [-0.39, 0.29) is 24.8 Å². The molecule has 0 N–H and O–H groups in total. The first-order valence-electron chi connectivity index (χ1n) is 8.55. The zero-order valence-electron chi connectivity index (χ0n) is 15.4. The van der Waals surface area contributed by atoms with Crippen molar-refractivity contribution >= 4 is 0 Å². The minimum absolute atomic E-state index is 0. The first-order chi connectivity index (χ1) is 9.90. The SMILES string of the molecule is CCC1=C[C](C)([Zr+2][C]2(C)C=C(CC)C=C2CC)C(CC)=C1.[Cl-].[Cl-]. The van der Waals surface area contributed by atoms with Crippen LogP contribution in [0.25, 0.3) is 0 Å². The smallest absolute Gasteiger partial charge is 1.00 e. The fourth-order valence-electron chi connectivity index (χ4n) is 3.88. The van der Waals surface area contributed by atoms with Crippen LogP contribution in [-0.2, 0) is 23.2 Å². The fourth-order valence-corrected chi connectivity index (χ4v) is 9.81. The van der Waals surface area contributed by atoms with E-state index < -0.39 is 23.2 Å². The van der Waals surface area contributed by atoms with Crippen molar-refractivity contribution in [3.05, 3.63) is 46.6 Å². The molecule has 2 unspecified atom stereocenters. The summed E-state index contributed by atoms with van der Waals surface area (Å²) in [5.41, 5.74) is 6.53. The largest absolute Gasteiger partial charge is 1.00 e. The molecular weight excluding hydrogens is 402 g/mol. The molecule has 0 heterocycles. The summed E-state index contributed by atoms with van der Waals surface area (Å²) in [6, 6.07) is 0. The molecule has 0 nitrogen and oxygen atoms in total. The summed E-state index contributed by atoms with van der Waals surface area (Å²) in [4.78, 5) is 0. The molecule has 0 radical (unpaired) electrons. The van der Waals surface area contributed by atoms with Crippen LogP contribution in [0.1, 0.15) is 67.2 Å². The van der Waals surface area contributed by atoms with Crippen molar-refractivity contribution in [3.8, 4) is 0 Å². The van der Waals surface area contributed by atoms with Crippen molar-refractivity contribution in [1.29, 1.82) is 0 Å². The fraction of sp³-hybridized carbons (Fsp3) is 0.600. The summed E-state index contributed by atoms with van der Waals surface area (Å²) in [5, 5.41) is 0. The van der Waals surface area contributed by atoms with Gasteiger partial charge >= 0.3 is 143 Å². The Kier molecular flexibility index (Phi) is 9.38. The van der Waals surface area contributed by atoms with Crippen LogP contribution in [0.3, 0.4) is 0 Å². The average molecular weight is 433 g/mol. The molecule has 0 bridgehead atoms. The van der Waals surface area contributed by atoms with Gasteiger partial charge in [-0.1, -0.05) is 0 Å². The third-order valence-corrected chi connectivity index (χ3v) is 9.94. The van der Waals surface area contributed by atoms with Crippen LogP contribution < -0.4 is 24.8 Å². The molecule has 0 saturated heterocycles. The Labute approximate surface area is 167 Å². The van der Waals surface area contributed by atoms with Gasteiger partial charge in [0.2, 0.25) is 0 Å². The van der Waals surface area contributed by atoms with Gasteiger partial charge in [-0.2, -0.15) is 0 Å². The van der Waals surface area contributed by atoms with Crippen LogP contribution in [0.5, 0.6) is 0 Å². The summed E-state index contributed by atoms with van der Waals surface area (Å²) in [6.45, 7) is 14.3. The van der Waals surface area contributed by atoms with Crippen molar-refractivity contribution < 1.29 is 48.0 Å². The van der Waals surface area contributed by atoms with Crippen LogP contribution in [0, 0.1) is 0 Å². The molecule has 0 fully saturated rings. The molecule has 0 aromatic heterocycles. The molecule has 2 rings (SSSR count). The van der Waals surface area contributed by atoms with E-state index in [2.05, 4.69) is 65.8 Å². The first kappa shape index (κ1) is 23.4. The van der Waals surface area contributed by atoms with Gasteiger partial charge in [0.1, 0.15) is 0 Å². The van der Waals surface area contributed by atoms with Gasteiger partial charge in [-0.15, -0.1) is 0 Å². The Bertz CT molecular complexity index is 494. The van der Waals surface area contributed by atoms with Crippen LogP contribution in [0.4, 0.5) is 0 Å². The normalized spacial score (nSPS) is 28.8. The third kappa shape index (κ3) is 4.74. The van der Waals surface area contributed by atoms with E-state index in [1.54, 1.807) is 22.3 Å². The van der Waals surface area contributed by atoms with Gasteiger partial charge in [0.25, 0.3) is 0 Å². The molecule has 3 heteroatoms. The predicted octanol–water partition coefficient (Wildman–Crippen LogP) is 0.807. The zero-order chi connectivity index (χ0) is 15.7. The number of allylic oxidation sites excluding steroid dienone is 8. The molecule has 0 spiro atoms. The van der Waals surface area contributed by atoms with Gasteiger partial charge in [-0.3, -0.25) is 0 Å². The molecule has 2 aliphatic rings. The number of hydrogen-bond donors (Lipinski definition) is 0. The van der Waals surface area contributed by atoms with E-state index in [9.17, 15) is 0 Å². The van der Waals surface area contributed by atoms with Gasteiger partial charge in [-0.25, -0.2) is 0 Å². The maximum absolute atomic E-state index is 2.62. The predicted molar refractivity (Wildman–Crippen MR) is 90.2 cm³/mol. The molecule has 0 saturated carbocycles. The van der Waals surface area contributed by atoms with Crippen LogP contribution in [0.15, 0.2) is 46.6 Å². The Morgan fingerprint density at radius 1 is 0.696 bits per heavy atom. The summed E-state index contributed by atoms with van der Waals surface area (Å²) in [5.74, 6) is 0. The van der Waals surface area contributed by atoms with E-state index in [4.69, 9.17) is 0 Å². The third-order valence-electron chi connectivity index (χ3n) is 5.10. The summed E-state index contributed by atoms with van der Waals surface area (Å²) in [7, 11) is 0. The average Bonchev–Trinajstić information content (AvgIpc) is 2.95. The maximum atomic E-state index is 2.62. The van der Waals surface area contributed by atoms with E-state index in [0.29, 0.717) is 6.25 Å². The summed E-state index contributed by atoms with van der Waals surface area (Å²) < 4.78 is 0.818. The standard InChI is InChI=1S/2C10H15.2ClH.Zr/c2*1-4-9-6-8(3)10(5-2)7-9;;;/h2*6-7H,4-5H2,1-3H3;2*1H;/q;;;;+2/p-2. The van der Waals surface area contributed by atoms with Crippen molar-refractivity contribution in [2.75, 3.05) is 0 Å². The molecule has 0 aromatic rings. The van der Waals surface area contributed by atoms with Crippen LogP contribution in [-0.4, -0.2) is 0 Å². The van der Waals surface area contributed by atoms with Crippen molar-refractivity contribution in [2.24, 2.45) is 0 Å². The van der Waals surface area contributed by atoms with Crippen LogP contribution >= 0.6 is 0 Å². The molecule has 128 valence electrons. The second kappa shape index (κ2) is 9.21. The Balaban J connectivity index is 0.00000242. The van der Waals surface area contributed by atoms with Crippen molar-refractivity contribution in [1.82, 2.24) is 0 Å². The quantitative estimate of drug-likeness (QED) is 0.583. The number of hydrogen-bond acceptors (Lipinski definition) is 0.